The van der Waals surface area contributed by atoms with E-state index in [-0.39, 0.29) is 0 Å². The first-order valence-electron chi connectivity index (χ1n) is 8.41. The first kappa shape index (κ1) is 18.5. The van der Waals surface area contributed by atoms with E-state index in [1.165, 1.54) is 11.1 Å². The van der Waals surface area contributed by atoms with Crippen molar-refractivity contribution in [2.45, 2.75) is 40.0 Å². The molecular weight excluding hydrogens is 274 g/mol. The topological polar surface area (TPSA) is 45.7 Å². The van der Waals surface area contributed by atoms with Crippen molar-refractivity contribution in [1.29, 1.82) is 0 Å². The van der Waals surface area contributed by atoms with Crippen LogP contribution in [0.15, 0.2) is 29.3 Å². The molecule has 0 aliphatic rings. The van der Waals surface area contributed by atoms with Gasteiger partial charge in [0.25, 0.3) is 0 Å². The third kappa shape index (κ3) is 8.67. The minimum atomic E-state index is 0.798. The third-order valence-corrected chi connectivity index (χ3v) is 3.34. The molecule has 4 nitrogen and oxygen atoms in total. The average Bonchev–Trinajstić information content (AvgIpc) is 2.52. The summed E-state index contributed by atoms with van der Waals surface area (Å²) in [5.41, 5.74) is 2.66. The lowest BCUT2D eigenvalue weighted by Crippen LogP contribution is -2.38. The van der Waals surface area contributed by atoms with Crippen LogP contribution in [-0.4, -0.2) is 38.8 Å². The fraction of sp³-hybridized carbons (Fsp3) is 0.611. The molecule has 0 atom stereocenters. The number of guanidine groups is 1. The molecule has 0 unspecified atom stereocenters. The normalized spacial score (nSPS) is 11.5. The molecule has 0 amide bonds. The van der Waals surface area contributed by atoms with Crippen molar-refractivity contribution in [3.05, 3.63) is 35.4 Å². The monoisotopic (exact) mass is 305 g/mol. The molecule has 2 N–H and O–H groups in total. The van der Waals surface area contributed by atoms with Gasteiger partial charge in [-0.3, -0.25) is 4.99 Å². The first-order valence-corrected chi connectivity index (χ1v) is 8.41. The summed E-state index contributed by atoms with van der Waals surface area (Å²) in [7, 11) is 0. The molecule has 0 radical (unpaired) electrons. The van der Waals surface area contributed by atoms with Crippen molar-refractivity contribution in [2.75, 3.05) is 32.8 Å². The zero-order valence-electron chi connectivity index (χ0n) is 14.3. The second kappa shape index (κ2) is 12.0. The van der Waals surface area contributed by atoms with E-state index < -0.39 is 0 Å². The highest BCUT2D eigenvalue weighted by molar-refractivity contribution is 5.79. The van der Waals surface area contributed by atoms with E-state index in [0.717, 1.165) is 58.1 Å². The Hall–Kier alpha value is -1.55. The molecule has 0 spiro atoms. The number of nitrogens with zero attached hydrogens (tertiary/aromatic N) is 1. The van der Waals surface area contributed by atoms with Crippen molar-refractivity contribution in [1.82, 2.24) is 10.6 Å². The van der Waals surface area contributed by atoms with Crippen LogP contribution in [0.2, 0.25) is 0 Å². The molecule has 22 heavy (non-hydrogen) atoms. The summed E-state index contributed by atoms with van der Waals surface area (Å²) in [6.07, 6.45) is 3.14. The highest BCUT2D eigenvalue weighted by Crippen LogP contribution is 2.03. The Bertz CT molecular complexity index is 415. The number of hydrogen-bond donors (Lipinski definition) is 2. The van der Waals surface area contributed by atoms with Gasteiger partial charge < -0.3 is 15.4 Å². The van der Waals surface area contributed by atoms with Crippen LogP contribution in [0, 0.1) is 6.92 Å². The molecule has 0 heterocycles. The summed E-state index contributed by atoms with van der Waals surface area (Å²) in [5, 5.41) is 6.68. The fourth-order valence-corrected chi connectivity index (χ4v) is 2.07. The number of benzene rings is 1. The van der Waals surface area contributed by atoms with Crippen molar-refractivity contribution in [3.8, 4) is 0 Å². The van der Waals surface area contributed by atoms with Gasteiger partial charge in [-0.15, -0.1) is 0 Å². The van der Waals surface area contributed by atoms with Crippen LogP contribution in [-0.2, 0) is 11.2 Å². The van der Waals surface area contributed by atoms with E-state index in [0.29, 0.717) is 0 Å². The Morgan fingerprint density at radius 1 is 1.09 bits per heavy atom. The molecular formula is C18H31N3O. The van der Waals surface area contributed by atoms with Crippen molar-refractivity contribution in [3.63, 3.8) is 0 Å². The summed E-state index contributed by atoms with van der Waals surface area (Å²) in [6, 6.07) is 8.70. The van der Waals surface area contributed by atoms with Gasteiger partial charge in [0, 0.05) is 32.8 Å². The Morgan fingerprint density at radius 2 is 1.86 bits per heavy atom. The van der Waals surface area contributed by atoms with E-state index >= 15 is 0 Å². The average molecular weight is 305 g/mol. The van der Waals surface area contributed by atoms with Crippen LogP contribution in [0.1, 0.15) is 37.8 Å². The molecule has 0 aromatic heterocycles. The van der Waals surface area contributed by atoms with E-state index in [2.05, 4.69) is 53.7 Å². The standard InChI is InChI=1S/C18H31N3O/c1-4-19-18(20-13-6-7-15-22-5-2)21-14-12-17-10-8-16(3)9-11-17/h8-11H,4-7,12-15H2,1-3H3,(H2,19,20,21). The molecule has 1 aromatic rings. The predicted molar refractivity (Wildman–Crippen MR) is 94.6 cm³/mol. The van der Waals surface area contributed by atoms with Gasteiger partial charge in [-0.25, -0.2) is 0 Å². The summed E-state index contributed by atoms with van der Waals surface area (Å²) in [6.45, 7) is 10.5. The van der Waals surface area contributed by atoms with Crippen LogP contribution in [0.5, 0.6) is 0 Å². The lowest BCUT2D eigenvalue weighted by Gasteiger charge is -2.11. The maximum absolute atomic E-state index is 5.33. The second-order valence-electron chi connectivity index (χ2n) is 5.33. The molecule has 0 aliphatic heterocycles. The van der Waals surface area contributed by atoms with Crippen LogP contribution in [0.3, 0.4) is 0 Å². The Labute approximate surface area is 135 Å². The van der Waals surface area contributed by atoms with Crippen molar-refractivity contribution >= 4 is 5.96 Å². The summed E-state index contributed by atoms with van der Waals surface area (Å²) >= 11 is 0. The second-order valence-corrected chi connectivity index (χ2v) is 5.33. The molecule has 0 saturated heterocycles. The van der Waals surface area contributed by atoms with Crippen LogP contribution in [0.4, 0.5) is 0 Å². The third-order valence-electron chi connectivity index (χ3n) is 3.34. The highest BCUT2D eigenvalue weighted by atomic mass is 16.5. The summed E-state index contributed by atoms with van der Waals surface area (Å²) < 4.78 is 5.33. The summed E-state index contributed by atoms with van der Waals surface area (Å²) in [5.74, 6) is 0.908. The number of aliphatic imine (C=N–C) groups is 1. The number of rotatable bonds is 10. The molecule has 124 valence electrons. The van der Waals surface area contributed by atoms with Crippen molar-refractivity contribution < 1.29 is 4.74 Å². The van der Waals surface area contributed by atoms with Gasteiger partial charge in [-0.2, -0.15) is 0 Å². The van der Waals surface area contributed by atoms with E-state index in [9.17, 15) is 0 Å². The van der Waals surface area contributed by atoms with Gasteiger partial charge >= 0.3 is 0 Å². The zero-order chi connectivity index (χ0) is 16.0. The van der Waals surface area contributed by atoms with Gasteiger partial charge in [0.1, 0.15) is 0 Å². The molecule has 1 aromatic carbocycles. The highest BCUT2D eigenvalue weighted by Gasteiger charge is 1.98. The summed E-state index contributed by atoms with van der Waals surface area (Å²) in [4.78, 5) is 4.60. The maximum Gasteiger partial charge on any atom is 0.191 e. The number of hydrogen-bond acceptors (Lipinski definition) is 2. The Morgan fingerprint density at radius 3 is 2.55 bits per heavy atom. The molecule has 0 fully saturated rings. The van der Waals surface area contributed by atoms with Gasteiger partial charge in [0.2, 0.25) is 0 Å². The lowest BCUT2D eigenvalue weighted by atomic mass is 10.1. The lowest BCUT2D eigenvalue weighted by molar-refractivity contribution is 0.144. The van der Waals surface area contributed by atoms with Crippen LogP contribution >= 0.6 is 0 Å². The molecule has 0 aliphatic carbocycles. The molecule has 1 rings (SSSR count). The number of unbranched alkanes of at least 4 members (excludes halogenated alkanes) is 1. The Kier molecular flexibility index (Phi) is 10.1. The van der Waals surface area contributed by atoms with Gasteiger partial charge in [0.05, 0.1) is 0 Å². The largest absolute Gasteiger partial charge is 0.382 e. The minimum absolute atomic E-state index is 0.798. The van der Waals surface area contributed by atoms with Gasteiger partial charge in [0.15, 0.2) is 5.96 Å². The first-order chi connectivity index (χ1) is 10.8. The maximum atomic E-state index is 5.33. The van der Waals surface area contributed by atoms with Gasteiger partial charge in [-0.1, -0.05) is 29.8 Å². The number of nitrogens with one attached hydrogen (secondary N) is 2. The minimum Gasteiger partial charge on any atom is -0.382 e. The number of aryl methyl sites for hydroxylation is 1. The number of ether oxygens (including phenoxy) is 1. The SMILES string of the molecule is CCNC(=NCCCCOCC)NCCc1ccc(C)cc1. The zero-order valence-corrected chi connectivity index (χ0v) is 14.3. The Balaban J connectivity index is 2.25. The van der Waals surface area contributed by atoms with Crippen molar-refractivity contribution in [2.24, 2.45) is 4.99 Å². The van der Waals surface area contributed by atoms with E-state index in [4.69, 9.17) is 4.74 Å². The smallest absolute Gasteiger partial charge is 0.191 e. The van der Waals surface area contributed by atoms with E-state index in [1.54, 1.807) is 0 Å². The predicted octanol–water partition coefficient (Wildman–Crippen LogP) is 2.91. The van der Waals surface area contributed by atoms with Crippen LogP contribution in [0.25, 0.3) is 0 Å². The van der Waals surface area contributed by atoms with E-state index in [1.807, 2.05) is 6.92 Å². The molecule has 0 saturated carbocycles. The quantitative estimate of drug-likeness (QED) is 0.397. The van der Waals surface area contributed by atoms with Gasteiger partial charge in [-0.05, 0) is 45.6 Å². The fourth-order valence-electron chi connectivity index (χ4n) is 2.07. The molecule has 0 bridgehead atoms. The molecule has 4 heteroatoms. The van der Waals surface area contributed by atoms with Crippen LogP contribution < -0.4 is 10.6 Å².